The molecule has 1 unspecified atom stereocenters. The molecule has 0 aromatic heterocycles. The smallest absolute Gasteiger partial charge is 0.318 e. The van der Waals surface area contributed by atoms with Crippen LogP contribution in [0.15, 0.2) is 36.6 Å². The number of carbonyl (C=O) groups excluding carboxylic acids is 1. The number of hydrogen-bond donors (Lipinski definition) is 0. The molecule has 0 saturated heterocycles. The molecule has 0 heterocycles. The molecule has 2 nitrogen and oxygen atoms in total. The summed E-state index contributed by atoms with van der Waals surface area (Å²) in [5, 5.41) is 0. The van der Waals surface area contributed by atoms with Crippen LogP contribution in [-0.2, 0) is 16.0 Å². The predicted octanol–water partition coefficient (Wildman–Crippen LogP) is 4.07. The first-order valence-electron chi connectivity index (χ1n) is 6.36. The summed E-state index contributed by atoms with van der Waals surface area (Å²) in [6, 6.07) is 8.17. The van der Waals surface area contributed by atoms with Gasteiger partial charge in [0.15, 0.2) is 0 Å². The molecule has 2 heteroatoms. The van der Waals surface area contributed by atoms with E-state index in [1.807, 2.05) is 19.1 Å². The van der Waals surface area contributed by atoms with Gasteiger partial charge in [-0.15, -0.1) is 0 Å². The van der Waals surface area contributed by atoms with E-state index in [1.54, 1.807) is 6.92 Å². The van der Waals surface area contributed by atoms with Crippen molar-refractivity contribution in [3.05, 3.63) is 47.7 Å². The number of rotatable bonds is 5. The van der Waals surface area contributed by atoms with E-state index >= 15 is 0 Å². The van der Waals surface area contributed by atoms with Gasteiger partial charge in [0.2, 0.25) is 0 Å². The lowest BCUT2D eigenvalue weighted by molar-refractivity contribution is -0.140. The van der Waals surface area contributed by atoms with Gasteiger partial charge in [-0.1, -0.05) is 44.7 Å². The Morgan fingerprint density at radius 1 is 1.22 bits per heavy atom. The molecule has 0 spiro atoms. The maximum Gasteiger partial charge on any atom is 0.318 e. The van der Waals surface area contributed by atoms with Gasteiger partial charge in [0.05, 0.1) is 11.7 Å². The number of carbonyl (C=O) groups is 1. The fraction of sp³-hybridized carbons (Fsp3) is 0.438. The van der Waals surface area contributed by atoms with Gasteiger partial charge in [-0.3, -0.25) is 4.79 Å². The summed E-state index contributed by atoms with van der Waals surface area (Å²) < 4.78 is 5.03. The van der Waals surface area contributed by atoms with Gasteiger partial charge in [-0.05, 0) is 37.3 Å². The highest BCUT2D eigenvalue weighted by atomic mass is 16.5. The van der Waals surface area contributed by atoms with E-state index < -0.39 is 0 Å². The number of allylic oxidation sites excluding steroid dienone is 1. The van der Waals surface area contributed by atoms with Crippen molar-refractivity contribution in [3.63, 3.8) is 0 Å². The lowest BCUT2D eigenvalue weighted by atomic mass is 9.97. The van der Waals surface area contributed by atoms with Crippen LogP contribution in [-0.4, -0.2) is 5.97 Å². The second-order valence-electron chi connectivity index (χ2n) is 5.18. The summed E-state index contributed by atoms with van der Waals surface area (Å²) in [4.78, 5) is 11.7. The van der Waals surface area contributed by atoms with Crippen LogP contribution in [0.4, 0.5) is 0 Å². The predicted molar refractivity (Wildman–Crippen MR) is 74.3 cm³/mol. The summed E-state index contributed by atoms with van der Waals surface area (Å²) in [5.74, 6) is 0.568. The molecule has 1 aromatic carbocycles. The lowest BCUT2D eigenvalue weighted by Crippen LogP contribution is -2.12. The van der Waals surface area contributed by atoms with E-state index in [4.69, 9.17) is 4.74 Å². The molecule has 0 aliphatic rings. The Labute approximate surface area is 110 Å². The zero-order chi connectivity index (χ0) is 13.7. The van der Waals surface area contributed by atoms with Crippen LogP contribution in [0.1, 0.15) is 44.7 Å². The maximum absolute atomic E-state index is 11.7. The molecule has 1 aromatic rings. The molecule has 98 valence electrons. The monoisotopic (exact) mass is 246 g/mol. The van der Waals surface area contributed by atoms with Crippen LogP contribution < -0.4 is 0 Å². The maximum atomic E-state index is 11.7. The Kier molecular flexibility index (Phi) is 5.14. The minimum Gasteiger partial charge on any atom is -0.432 e. The van der Waals surface area contributed by atoms with Crippen LogP contribution >= 0.6 is 0 Å². The van der Waals surface area contributed by atoms with Crippen molar-refractivity contribution in [2.75, 3.05) is 0 Å². The van der Waals surface area contributed by atoms with Crippen molar-refractivity contribution < 1.29 is 9.53 Å². The quantitative estimate of drug-likeness (QED) is 0.578. The average molecular weight is 246 g/mol. The zero-order valence-corrected chi connectivity index (χ0v) is 11.7. The van der Waals surface area contributed by atoms with Crippen molar-refractivity contribution in [3.8, 4) is 0 Å². The molecule has 1 atom stereocenters. The first-order chi connectivity index (χ1) is 8.40. The third-order valence-corrected chi connectivity index (χ3v) is 2.75. The van der Waals surface area contributed by atoms with Gasteiger partial charge in [0.1, 0.15) is 0 Å². The topological polar surface area (TPSA) is 26.3 Å². The second kappa shape index (κ2) is 6.39. The molecule has 18 heavy (non-hydrogen) atoms. The lowest BCUT2D eigenvalue weighted by Gasteiger charge is -2.12. The van der Waals surface area contributed by atoms with Gasteiger partial charge < -0.3 is 4.74 Å². The molecule has 0 bridgehead atoms. The average Bonchev–Trinajstić information content (AvgIpc) is 2.27. The van der Waals surface area contributed by atoms with E-state index in [2.05, 4.69) is 32.6 Å². The van der Waals surface area contributed by atoms with Gasteiger partial charge >= 0.3 is 5.97 Å². The Morgan fingerprint density at radius 3 is 2.22 bits per heavy atom. The molecule has 1 rings (SSSR count). The zero-order valence-electron chi connectivity index (χ0n) is 11.7. The van der Waals surface area contributed by atoms with Crippen molar-refractivity contribution in [2.45, 2.75) is 40.0 Å². The standard InChI is InChI=1S/C16H22O2/c1-11(2)10-14-6-8-15(9-7-14)13(5)16(17)18-12(3)4/h6-9,11,13H,3,10H2,1-2,4-5H3. The molecular weight excluding hydrogens is 224 g/mol. The number of hydrogen-bond acceptors (Lipinski definition) is 2. The van der Waals surface area contributed by atoms with E-state index in [-0.39, 0.29) is 11.9 Å². The molecule has 0 amide bonds. The fourth-order valence-corrected chi connectivity index (χ4v) is 1.81. The Morgan fingerprint density at radius 2 is 1.78 bits per heavy atom. The largest absolute Gasteiger partial charge is 0.432 e. The Bertz CT molecular complexity index is 415. The van der Waals surface area contributed by atoms with Gasteiger partial charge in [0.25, 0.3) is 0 Å². The third kappa shape index (κ3) is 4.36. The highest BCUT2D eigenvalue weighted by Gasteiger charge is 2.16. The molecule has 0 fully saturated rings. The summed E-state index contributed by atoms with van der Waals surface area (Å²) >= 11 is 0. The van der Waals surface area contributed by atoms with Crippen molar-refractivity contribution in [2.24, 2.45) is 5.92 Å². The van der Waals surface area contributed by atoms with Crippen LogP contribution in [0.2, 0.25) is 0 Å². The molecular formula is C16H22O2. The van der Waals surface area contributed by atoms with E-state index in [1.165, 1.54) is 5.56 Å². The number of esters is 1. The molecule has 0 aliphatic carbocycles. The van der Waals surface area contributed by atoms with E-state index in [0.29, 0.717) is 11.7 Å². The fourth-order valence-electron chi connectivity index (χ4n) is 1.81. The van der Waals surface area contributed by atoms with Gasteiger partial charge in [-0.2, -0.15) is 0 Å². The normalized spacial score (nSPS) is 12.3. The van der Waals surface area contributed by atoms with Crippen LogP contribution in [0.5, 0.6) is 0 Å². The first-order valence-corrected chi connectivity index (χ1v) is 6.36. The van der Waals surface area contributed by atoms with Gasteiger partial charge in [0, 0.05) is 0 Å². The highest BCUT2D eigenvalue weighted by Crippen LogP contribution is 2.19. The second-order valence-corrected chi connectivity index (χ2v) is 5.18. The SMILES string of the molecule is C=C(C)OC(=O)C(C)c1ccc(CC(C)C)cc1. The van der Waals surface area contributed by atoms with Crippen LogP contribution in [0, 0.1) is 5.92 Å². The molecule has 0 radical (unpaired) electrons. The van der Waals surface area contributed by atoms with Crippen LogP contribution in [0.3, 0.4) is 0 Å². The highest BCUT2D eigenvalue weighted by molar-refractivity contribution is 5.78. The minimum absolute atomic E-state index is 0.251. The summed E-state index contributed by atoms with van der Waals surface area (Å²) in [7, 11) is 0. The van der Waals surface area contributed by atoms with Crippen molar-refractivity contribution in [1.29, 1.82) is 0 Å². The van der Waals surface area contributed by atoms with E-state index in [0.717, 1.165) is 12.0 Å². The number of ether oxygens (including phenoxy) is 1. The Hall–Kier alpha value is -1.57. The summed E-state index contributed by atoms with van der Waals surface area (Å²) in [6.45, 7) is 11.5. The summed E-state index contributed by atoms with van der Waals surface area (Å²) in [6.07, 6.45) is 1.06. The third-order valence-electron chi connectivity index (χ3n) is 2.75. The van der Waals surface area contributed by atoms with E-state index in [9.17, 15) is 4.79 Å². The summed E-state index contributed by atoms with van der Waals surface area (Å²) in [5.41, 5.74) is 2.28. The molecule has 0 aliphatic heterocycles. The van der Waals surface area contributed by atoms with Gasteiger partial charge in [-0.25, -0.2) is 0 Å². The number of benzene rings is 1. The molecule has 0 saturated carbocycles. The van der Waals surface area contributed by atoms with Crippen molar-refractivity contribution >= 4 is 5.97 Å². The van der Waals surface area contributed by atoms with Crippen molar-refractivity contribution in [1.82, 2.24) is 0 Å². The first kappa shape index (κ1) is 14.5. The Balaban J connectivity index is 2.72. The minimum atomic E-state index is -0.255. The molecule has 0 N–H and O–H groups in total. The van der Waals surface area contributed by atoms with Crippen LogP contribution in [0.25, 0.3) is 0 Å².